The smallest absolute Gasteiger partial charge is 0.236 e. The summed E-state index contributed by atoms with van der Waals surface area (Å²) in [6.45, 7) is 3.42. The van der Waals surface area contributed by atoms with Gasteiger partial charge in [0.1, 0.15) is 11.6 Å². The molecule has 2 rings (SSSR count). The van der Waals surface area contributed by atoms with Crippen LogP contribution in [0.3, 0.4) is 0 Å². The molecule has 1 aliphatic rings. The van der Waals surface area contributed by atoms with Crippen molar-refractivity contribution in [3.63, 3.8) is 0 Å². The minimum absolute atomic E-state index is 0.0108. The Hall–Kier alpha value is -1.43. The summed E-state index contributed by atoms with van der Waals surface area (Å²) in [7, 11) is 1.64. The van der Waals surface area contributed by atoms with Crippen LogP contribution in [0.25, 0.3) is 0 Å². The van der Waals surface area contributed by atoms with E-state index in [0.717, 1.165) is 24.6 Å². The van der Waals surface area contributed by atoms with Gasteiger partial charge in [-0.1, -0.05) is 0 Å². The quantitative estimate of drug-likeness (QED) is 0.763. The molecule has 0 bridgehead atoms. The van der Waals surface area contributed by atoms with Crippen LogP contribution in [-0.2, 0) is 24.3 Å². The van der Waals surface area contributed by atoms with Gasteiger partial charge in [0, 0.05) is 20.0 Å². The first-order valence-electron chi connectivity index (χ1n) is 6.08. The first-order valence-corrected chi connectivity index (χ1v) is 6.08. The number of amides is 1. The lowest BCUT2D eigenvalue weighted by Crippen LogP contribution is -2.40. The van der Waals surface area contributed by atoms with Gasteiger partial charge in [0.15, 0.2) is 0 Å². The Labute approximate surface area is 101 Å². The highest BCUT2D eigenvalue weighted by atomic mass is 16.2. The van der Waals surface area contributed by atoms with Crippen molar-refractivity contribution in [1.29, 1.82) is 0 Å². The summed E-state index contributed by atoms with van der Waals surface area (Å²) < 4.78 is 2.16. The zero-order valence-electron chi connectivity index (χ0n) is 10.4. The molecule has 0 saturated carbocycles. The highest BCUT2D eigenvalue weighted by Crippen LogP contribution is 2.13. The first-order chi connectivity index (χ1) is 8.22. The van der Waals surface area contributed by atoms with Crippen LogP contribution in [0.1, 0.15) is 31.4 Å². The highest BCUT2D eigenvalue weighted by Gasteiger charge is 2.17. The van der Waals surface area contributed by atoms with E-state index in [4.69, 9.17) is 0 Å². The van der Waals surface area contributed by atoms with E-state index in [9.17, 15) is 4.79 Å². The molecule has 0 aliphatic carbocycles. The fourth-order valence-electron chi connectivity index (χ4n) is 2.05. The van der Waals surface area contributed by atoms with Gasteiger partial charge in [0.05, 0.1) is 12.6 Å². The fourth-order valence-corrected chi connectivity index (χ4v) is 2.05. The van der Waals surface area contributed by atoms with E-state index in [-0.39, 0.29) is 11.9 Å². The molecule has 0 aromatic carbocycles. The van der Waals surface area contributed by atoms with Gasteiger partial charge in [-0.2, -0.15) is 0 Å². The van der Waals surface area contributed by atoms with E-state index < -0.39 is 0 Å². The van der Waals surface area contributed by atoms with E-state index in [1.165, 1.54) is 12.8 Å². The number of rotatable bonds is 4. The van der Waals surface area contributed by atoms with Crippen molar-refractivity contribution in [3.05, 3.63) is 11.6 Å². The standard InChI is InChI=1S/C11H19N5O/c1-8(11(17)12-2)13-7-10-15-14-9-5-3-4-6-16(9)10/h8,13H,3-7H2,1-2H3,(H,12,17). The lowest BCUT2D eigenvalue weighted by molar-refractivity contribution is -0.122. The molecule has 1 unspecified atom stereocenters. The van der Waals surface area contributed by atoms with Gasteiger partial charge in [-0.05, 0) is 19.8 Å². The second-order valence-electron chi connectivity index (χ2n) is 4.36. The third-order valence-corrected chi connectivity index (χ3v) is 3.14. The summed E-state index contributed by atoms with van der Waals surface area (Å²) in [5.74, 6) is 1.99. The number of aromatic nitrogens is 3. The van der Waals surface area contributed by atoms with E-state index in [1.807, 2.05) is 6.92 Å². The normalized spacial score (nSPS) is 16.4. The average Bonchev–Trinajstić information content (AvgIpc) is 2.78. The molecule has 1 atom stereocenters. The van der Waals surface area contributed by atoms with Crippen LogP contribution in [0, 0.1) is 0 Å². The molecule has 1 aromatic heterocycles. The molecule has 0 spiro atoms. The van der Waals surface area contributed by atoms with E-state index in [2.05, 4.69) is 25.4 Å². The van der Waals surface area contributed by atoms with Crippen molar-refractivity contribution in [2.24, 2.45) is 0 Å². The number of nitrogens with one attached hydrogen (secondary N) is 2. The molecule has 0 saturated heterocycles. The minimum atomic E-state index is -0.212. The number of aryl methyl sites for hydroxylation is 1. The molecular formula is C11H19N5O. The number of likely N-dealkylation sites (N-methyl/N-ethyl adjacent to an activating group) is 1. The van der Waals surface area contributed by atoms with Crippen LogP contribution in [-0.4, -0.2) is 33.8 Å². The second-order valence-corrected chi connectivity index (χ2v) is 4.36. The number of carbonyl (C=O) groups excluding carboxylic acids is 1. The van der Waals surface area contributed by atoms with Crippen molar-refractivity contribution < 1.29 is 4.79 Å². The van der Waals surface area contributed by atoms with Crippen LogP contribution in [0.4, 0.5) is 0 Å². The maximum absolute atomic E-state index is 11.3. The Bertz CT molecular complexity index is 401. The molecule has 94 valence electrons. The van der Waals surface area contributed by atoms with E-state index in [0.29, 0.717) is 6.54 Å². The molecule has 6 heteroatoms. The molecule has 0 radical (unpaired) electrons. The van der Waals surface area contributed by atoms with Gasteiger partial charge in [-0.3, -0.25) is 10.1 Å². The summed E-state index contributed by atoms with van der Waals surface area (Å²) in [6.07, 6.45) is 3.39. The summed E-state index contributed by atoms with van der Waals surface area (Å²) in [6, 6.07) is -0.212. The molecule has 6 nitrogen and oxygen atoms in total. The Balaban J connectivity index is 1.95. The Morgan fingerprint density at radius 1 is 1.47 bits per heavy atom. The van der Waals surface area contributed by atoms with Crippen molar-refractivity contribution in [2.45, 2.75) is 45.3 Å². The lowest BCUT2D eigenvalue weighted by atomic mass is 10.1. The maximum atomic E-state index is 11.3. The van der Waals surface area contributed by atoms with Crippen LogP contribution in [0.5, 0.6) is 0 Å². The minimum Gasteiger partial charge on any atom is -0.358 e. The van der Waals surface area contributed by atoms with Gasteiger partial charge >= 0.3 is 0 Å². The lowest BCUT2D eigenvalue weighted by Gasteiger charge is -2.16. The monoisotopic (exact) mass is 237 g/mol. The number of hydrogen-bond acceptors (Lipinski definition) is 4. The topological polar surface area (TPSA) is 71.8 Å². The van der Waals surface area contributed by atoms with Crippen molar-refractivity contribution in [3.8, 4) is 0 Å². The van der Waals surface area contributed by atoms with Gasteiger partial charge in [0.25, 0.3) is 0 Å². The zero-order valence-corrected chi connectivity index (χ0v) is 10.4. The highest BCUT2D eigenvalue weighted by molar-refractivity contribution is 5.80. The average molecular weight is 237 g/mol. The van der Waals surface area contributed by atoms with Crippen LogP contribution in [0.2, 0.25) is 0 Å². The Morgan fingerprint density at radius 2 is 2.29 bits per heavy atom. The van der Waals surface area contributed by atoms with Crippen molar-refractivity contribution in [1.82, 2.24) is 25.4 Å². The SMILES string of the molecule is CNC(=O)C(C)NCc1nnc2n1CCCC2. The molecule has 0 fully saturated rings. The Kier molecular flexibility index (Phi) is 3.73. The summed E-state index contributed by atoms with van der Waals surface area (Å²) >= 11 is 0. The van der Waals surface area contributed by atoms with E-state index >= 15 is 0 Å². The Morgan fingerprint density at radius 3 is 3.06 bits per heavy atom. The van der Waals surface area contributed by atoms with Crippen molar-refractivity contribution >= 4 is 5.91 Å². The molecule has 2 N–H and O–H groups in total. The van der Waals surface area contributed by atoms with Gasteiger partial charge in [-0.15, -0.1) is 10.2 Å². The molecule has 1 amide bonds. The van der Waals surface area contributed by atoms with Crippen LogP contribution < -0.4 is 10.6 Å². The fraction of sp³-hybridized carbons (Fsp3) is 0.727. The summed E-state index contributed by atoms with van der Waals surface area (Å²) in [5.41, 5.74) is 0. The van der Waals surface area contributed by atoms with Crippen LogP contribution >= 0.6 is 0 Å². The van der Waals surface area contributed by atoms with Gasteiger partial charge in [-0.25, -0.2) is 0 Å². The third-order valence-electron chi connectivity index (χ3n) is 3.14. The predicted molar refractivity (Wildman–Crippen MR) is 63.3 cm³/mol. The number of carbonyl (C=O) groups is 1. The predicted octanol–water partition coefficient (Wildman–Crippen LogP) is -0.162. The molecule has 17 heavy (non-hydrogen) atoms. The number of hydrogen-bond donors (Lipinski definition) is 2. The van der Waals surface area contributed by atoms with Crippen LogP contribution in [0.15, 0.2) is 0 Å². The van der Waals surface area contributed by atoms with Gasteiger partial charge < -0.3 is 9.88 Å². The van der Waals surface area contributed by atoms with Crippen molar-refractivity contribution in [2.75, 3.05) is 7.05 Å². The number of fused-ring (bicyclic) bond motifs is 1. The molecule has 1 aromatic rings. The van der Waals surface area contributed by atoms with Gasteiger partial charge in [0.2, 0.25) is 5.91 Å². The molecule has 2 heterocycles. The summed E-state index contributed by atoms with van der Waals surface area (Å²) in [5, 5.41) is 14.1. The third kappa shape index (κ3) is 2.63. The molecular weight excluding hydrogens is 218 g/mol. The molecule has 1 aliphatic heterocycles. The largest absolute Gasteiger partial charge is 0.358 e. The maximum Gasteiger partial charge on any atom is 0.236 e. The number of nitrogens with zero attached hydrogens (tertiary/aromatic N) is 3. The first kappa shape index (κ1) is 12.0. The second kappa shape index (κ2) is 5.27. The zero-order chi connectivity index (χ0) is 12.3. The van der Waals surface area contributed by atoms with E-state index in [1.54, 1.807) is 7.05 Å². The summed E-state index contributed by atoms with van der Waals surface area (Å²) in [4.78, 5) is 11.3.